The molecule has 4 aromatic carbocycles. The molecule has 24 nitrogen and oxygen atoms in total. The Bertz CT molecular complexity index is 3230. The minimum absolute atomic E-state index is 0.00162. The van der Waals surface area contributed by atoms with E-state index in [1.807, 2.05) is 66.7 Å². The van der Waals surface area contributed by atoms with Crippen LogP contribution in [0.2, 0.25) is 0 Å². The number of carbonyl (C=O) groups excluding carboxylic acids is 9. The molecule has 83 heavy (non-hydrogen) atoms. The second-order valence-corrected chi connectivity index (χ2v) is 20.4. The van der Waals surface area contributed by atoms with Crippen LogP contribution in [0.15, 0.2) is 121 Å². The van der Waals surface area contributed by atoms with E-state index < -0.39 is 95.5 Å². The smallest absolute Gasteiger partial charge is 0.244 e. The molecule has 0 saturated carbocycles. The van der Waals surface area contributed by atoms with Gasteiger partial charge in [0.05, 0.1) is 6.33 Å². The molecule has 0 aliphatic heterocycles. The van der Waals surface area contributed by atoms with Crippen LogP contribution in [0.4, 0.5) is 0 Å². The number of fused-ring (bicyclic) bond motifs is 2. The predicted molar refractivity (Wildman–Crippen MR) is 320 cm³/mol. The first-order valence-corrected chi connectivity index (χ1v) is 28.1. The maximum Gasteiger partial charge on any atom is 0.244 e. The fourth-order valence-corrected chi connectivity index (χ4v) is 9.58. The number of nitrogens with two attached hydrogens (primary N) is 3. The van der Waals surface area contributed by atoms with Crippen LogP contribution in [-0.4, -0.2) is 141 Å². The monoisotopic (exact) mass is 1170 g/mol. The summed E-state index contributed by atoms with van der Waals surface area (Å²) in [6.45, 7) is 1.34. The Kier molecular flexibility index (Phi) is 24.3. The number of aromatic nitrogens is 3. The van der Waals surface area contributed by atoms with Crippen LogP contribution in [0.25, 0.3) is 21.7 Å². The van der Waals surface area contributed by atoms with Gasteiger partial charge < -0.3 is 69.7 Å². The van der Waals surface area contributed by atoms with Gasteiger partial charge in [-0.15, -0.1) is 0 Å². The highest BCUT2D eigenvalue weighted by Crippen LogP contribution is 2.20. The summed E-state index contributed by atoms with van der Waals surface area (Å²) in [6, 6.07) is 20.7. The molecule has 6 aromatic rings. The second kappa shape index (κ2) is 31.9. The molecule has 9 amide bonds. The third-order valence-corrected chi connectivity index (χ3v) is 14.1. The number of H-pyrrole nitrogens is 2. The molecule has 0 spiro atoms. The highest BCUT2D eigenvalue weighted by atomic mass is 32.1. The number of thiol groups is 2. The lowest BCUT2D eigenvalue weighted by molar-refractivity contribution is -0.135. The van der Waals surface area contributed by atoms with Crippen molar-refractivity contribution < 1.29 is 43.2 Å². The normalized spacial score (nSPS) is 13.6. The molecule has 0 bridgehead atoms. The second-order valence-electron chi connectivity index (χ2n) is 19.7. The number of benzene rings is 4. The Labute approximate surface area is 490 Å². The van der Waals surface area contributed by atoms with E-state index in [-0.39, 0.29) is 81.9 Å². The first kappa shape index (κ1) is 63.3. The topological polar surface area (TPSA) is 385 Å². The Morgan fingerprint density at radius 3 is 1.80 bits per heavy atom. The van der Waals surface area contributed by atoms with Crippen LogP contribution in [0.3, 0.4) is 0 Å². The van der Waals surface area contributed by atoms with Gasteiger partial charge in [0, 0.05) is 92.6 Å². The highest BCUT2D eigenvalue weighted by Gasteiger charge is 2.34. The summed E-state index contributed by atoms with van der Waals surface area (Å²) in [5.41, 5.74) is 19.8. The van der Waals surface area contributed by atoms with E-state index in [0.29, 0.717) is 16.8 Å². The molecule has 7 atom stereocenters. The van der Waals surface area contributed by atoms with Gasteiger partial charge in [0.1, 0.15) is 42.3 Å². The van der Waals surface area contributed by atoms with Crippen LogP contribution in [0.5, 0.6) is 0 Å². The standard InChI is InChI=1S/C57H71N15O9S2/c1-33(73)66-43(25-35-19-20-36-13-5-6-14-37(36)23-35)53(78)72-48(31-83)56(81)71-46(27-39-29-61-32-65-39)55(80)69-44(24-34-11-3-2-4-12-34)54(79)68-42(17-9-22-63-57(59)60)52(77)70-45(26-38-28-64-41-16-8-7-15-40(38)41)51(76)62-21-10-18-49(74)67-47(30-82)50(58)75/h2-8,11-16,19-20,23,28-29,32,42-48,64,82-83H,9-10,17-18,21-22,24-27,30-31H2,1H3,(H2,58,75)(H,61,65)(H,62,76)(H,66,73)(H,67,74)(H,68,79)(H,69,80)(H,70,77)(H,71,81)(H,72,78)(H4,59,60,63)/t42-,43-,44+,45-,46-,47-,48-/m0/s1. The average molecular weight is 1170 g/mol. The number of nitrogens with one attached hydrogen (secondary N) is 10. The van der Waals surface area contributed by atoms with Crippen molar-refractivity contribution in [1.82, 2.24) is 57.5 Å². The Morgan fingerprint density at radius 1 is 0.566 bits per heavy atom. The number of hydrogen-bond donors (Lipinski definition) is 15. The molecule has 0 radical (unpaired) electrons. The average Bonchev–Trinajstić information content (AvgIpc) is 4.17. The lowest BCUT2D eigenvalue weighted by atomic mass is 10.0. The summed E-state index contributed by atoms with van der Waals surface area (Å²) >= 11 is 8.43. The van der Waals surface area contributed by atoms with Crippen LogP contribution < -0.4 is 59.7 Å². The zero-order valence-corrected chi connectivity index (χ0v) is 47.5. The summed E-state index contributed by atoms with van der Waals surface area (Å²) in [5, 5.41) is 24.5. The zero-order valence-electron chi connectivity index (χ0n) is 45.7. The lowest BCUT2D eigenvalue weighted by Gasteiger charge is -2.27. The van der Waals surface area contributed by atoms with Crippen LogP contribution in [-0.2, 0) is 68.8 Å². The number of guanidine groups is 1. The van der Waals surface area contributed by atoms with Gasteiger partial charge in [0.15, 0.2) is 5.96 Å². The van der Waals surface area contributed by atoms with Gasteiger partial charge in [0.25, 0.3) is 0 Å². The third kappa shape index (κ3) is 19.9. The summed E-state index contributed by atoms with van der Waals surface area (Å²) < 4.78 is 0. The molecule has 26 heteroatoms. The number of nitrogens with zero attached hydrogens (tertiary/aromatic N) is 2. The fourth-order valence-electron chi connectivity index (χ4n) is 9.06. The van der Waals surface area contributed by atoms with Gasteiger partial charge in [0.2, 0.25) is 53.2 Å². The van der Waals surface area contributed by atoms with E-state index in [2.05, 4.69) is 87.7 Å². The Balaban J connectivity index is 1.22. The van der Waals surface area contributed by atoms with Crippen molar-refractivity contribution in [3.63, 3.8) is 0 Å². The van der Waals surface area contributed by atoms with Crippen molar-refractivity contribution in [2.24, 2.45) is 22.2 Å². The largest absolute Gasteiger partial charge is 0.370 e. The van der Waals surface area contributed by atoms with Gasteiger partial charge in [-0.1, -0.05) is 91.0 Å². The van der Waals surface area contributed by atoms with Gasteiger partial charge in [-0.05, 0) is 52.8 Å². The van der Waals surface area contributed by atoms with Crippen molar-refractivity contribution in [2.75, 3.05) is 24.6 Å². The predicted octanol–water partition coefficient (Wildman–Crippen LogP) is 0.0232. The number of aliphatic imine (C=N–C) groups is 1. The van der Waals surface area contributed by atoms with E-state index in [1.165, 1.54) is 19.4 Å². The molecule has 16 N–H and O–H groups in total. The summed E-state index contributed by atoms with van der Waals surface area (Å²) in [6.07, 6.45) is 4.61. The minimum atomic E-state index is -1.39. The number of hydrogen-bond acceptors (Lipinski definition) is 13. The van der Waals surface area contributed by atoms with E-state index in [9.17, 15) is 43.2 Å². The Morgan fingerprint density at radius 2 is 1.14 bits per heavy atom. The van der Waals surface area contributed by atoms with Crippen LogP contribution in [0.1, 0.15) is 55.0 Å². The van der Waals surface area contributed by atoms with Crippen LogP contribution in [0, 0.1) is 0 Å². The molecule has 0 saturated heterocycles. The molecular formula is C57H71N15O9S2. The number of primary amides is 1. The van der Waals surface area contributed by atoms with E-state index >= 15 is 0 Å². The van der Waals surface area contributed by atoms with Crippen molar-refractivity contribution in [2.45, 2.75) is 101 Å². The number of aromatic amines is 2. The van der Waals surface area contributed by atoms with Crippen molar-refractivity contribution in [3.05, 3.63) is 138 Å². The fraction of sp³-hybridized carbons (Fsp3) is 0.351. The zero-order chi connectivity index (χ0) is 59.8. The maximum absolute atomic E-state index is 14.8. The molecule has 0 aliphatic carbocycles. The van der Waals surface area contributed by atoms with Crippen molar-refractivity contribution in [3.8, 4) is 0 Å². The number of carbonyl (C=O) groups is 9. The molecule has 0 unspecified atom stereocenters. The van der Waals surface area contributed by atoms with E-state index in [1.54, 1.807) is 36.5 Å². The molecule has 6 rings (SSSR count). The third-order valence-electron chi connectivity index (χ3n) is 13.3. The number of para-hydroxylation sites is 1. The first-order chi connectivity index (χ1) is 39.9. The molecule has 440 valence electrons. The highest BCUT2D eigenvalue weighted by molar-refractivity contribution is 7.80. The van der Waals surface area contributed by atoms with Gasteiger partial charge >= 0.3 is 0 Å². The van der Waals surface area contributed by atoms with Gasteiger partial charge in [-0.2, -0.15) is 25.3 Å². The summed E-state index contributed by atoms with van der Waals surface area (Å²) in [7, 11) is 0. The molecule has 2 aromatic heterocycles. The van der Waals surface area contributed by atoms with E-state index in [4.69, 9.17) is 17.2 Å². The number of imidazole rings is 1. The molecule has 0 aliphatic rings. The van der Waals surface area contributed by atoms with Gasteiger partial charge in [-0.3, -0.25) is 48.1 Å². The maximum atomic E-state index is 14.8. The van der Waals surface area contributed by atoms with Crippen molar-refractivity contribution >= 4 is 106 Å². The van der Waals surface area contributed by atoms with Crippen molar-refractivity contribution in [1.29, 1.82) is 0 Å². The number of amides is 9. The lowest BCUT2D eigenvalue weighted by Crippen LogP contribution is -2.60. The SMILES string of the molecule is CC(=O)N[C@@H](Cc1ccc2ccccc2c1)C(=O)N[C@@H](CS)C(=O)N[C@@H](Cc1cnc[nH]1)C(=O)N[C@H](Cc1ccccc1)C(=O)N[C@@H](CCCN=C(N)N)C(=O)N[C@@H](Cc1c[nH]c2ccccc12)C(=O)NCCCC(=O)N[C@@H](CS)C(N)=O. The summed E-state index contributed by atoms with van der Waals surface area (Å²) in [5.74, 6) is -6.60. The molecular weight excluding hydrogens is 1100 g/mol. The van der Waals surface area contributed by atoms with Gasteiger partial charge in [-0.25, -0.2) is 4.98 Å². The summed E-state index contributed by atoms with van der Waals surface area (Å²) in [4.78, 5) is 137. The molecule has 0 fully saturated rings. The first-order valence-electron chi connectivity index (χ1n) is 26.9. The van der Waals surface area contributed by atoms with Crippen LogP contribution >= 0.6 is 25.3 Å². The quantitative estimate of drug-likeness (QED) is 0.0115. The Hall–Kier alpha value is -8.91. The number of rotatable bonds is 32. The minimum Gasteiger partial charge on any atom is -0.370 e. The van der Waals surface area contributed by atoms with E-state index in [0.717, 1.165) is 27.2 Å². The molecule has 2 heterocycles.